The van der Waals surface area contributed by atoms with Crippen LogP contribution in [0.2, 0.25) is 0 Å². The number of thiophene rings is 1. The summed E-state index contributed by atoms with van der Waals surface area (Å²) in [7, 11) is 0. The van der Waals surface area contributed by atoms with Gasteiger partial charge in [0.2, 0.25) is 0 Å². The highest BCUT2D eigenvalue weighted by molar-refractivity contribution is 7.12. The standard InChI is InChI=1S/C14H12FNO4S/c15-11-4-2-1-3-9(11)6-16-13(17)7-20-10-5-12(14(18)19)21-8-10/h1-5,8H,6-7H2,(H,16,17)(H,18,19). The molecule has 2 aromatic rings. The molecule has 0 aliphatic heterocycles. The van der Waals surface area contributed by atoms with Crippen LogP contribution in [-0.2, 0) is 11.3 Å². The van der Waals surface area contributed by atoms with Crippen LogP contribution < -0.4 is 10.1 Å². The summed E-state index contributed by atoms with van der Waals surface area (Å²) in [6, 6.07) is 7.49. The van der Waals surface area contributed by atoms with Gasteiger partial charge in [-0.2, -0.15) is 0 Å². The molecule has 0 saturated heterocycles. The fourth-order valence-corrected chi connectivity index (χ4v) is 2.21. The molecule has 0 atom stereocenters. The number of ether oxygens (including phenoxy) is 1. The van der Waals surface area contributed by atoms with Crippen molar-refractivity contribution in [2.75, 3.05) is 6.61 Å². The second-order valence-corrected chi connectivity index (χ2v) is 5.02. The van der Waals surface area contributed by atoms with Crippen molar-refractivity contribution >= 4 is 23.2 Å². The van der Waals surface area contributed by atoms with Gasteiger partial charge in [-0.15, -0.1) is 11.3 Å². The predicted octanol–water partition coefficient (Wildman–Crippen LogP) is 2.28. The first-order valence-corrected chi connectivity index (χ1v) is 6.89. The molecule has 21 heavy (non-hydrogen) atoms. The molecule has 1 aromatic carbocycles. The lowest BCUT2D eigenvalue weighted by atomic mass is 10.2. The Morgan fingerprint density at radius 2 is 2.10 bits per heavy atom. The molecule has 0 aliphatic rings. The fourth-order valence-electron chi connectivity index (χ4n) is 1.54. The molecule has 0 saturated carbocycles. The Labute approximate surface area is 124 Å². The van der Waals surface area contributed by atoms with E-state index in [2.05, 4.69) is 5.32 Å². The molecular formula is C14H12FNO4S. The average molecular weight is 309 g/mol. The number of halogens is 1. The number of carboxylic acid groups (broad SMARTS) is 1. The third-order valence-corrected chi connectivity index (χ3v) is 3.49. The van der Waals surface area contributed by atoms with Gasteiger partial charge in [-0.1, -0.05) is 18.2 Å². The zero-order chi connectivity index (χ0) is 15.2. The van der Waals surface area contributed by atoms with Gasteiger partial charge in [0.15, 0.2) is 6.61 Å². The minimum Gasteiger partial charge on any atom is -0.483 e. The summed E-state index contributed by atoms with van der Waals surface area (Å²) in [5, 5.41) is 12.8. The van der Waals surface area contributed by atoms with Crippen LogP contribution in [0.5, 0.6) is 5.75 Å². The number of hydrogen-bond donors (Lipinski definition) is 2. The van der Waals surface area contributed by atoms with Crippen molar-refractivity contribution in [2.45, 2.75) is 6.54 Å². The van der Waals surface area contributed by atoms with E-state index in [0.717, 1.165) is 11.3 Å². The minimum atomic E-state index is -1.04. The van der Waals surface area contributed by atoms with Crippen molar-refractivity contribution in [3.8, 4) is 5.75 Å². The fraction of sp³-hybridized carbons (Fsp3) is 0.143. The molecule has 0 fully saturated rings. The highest BCUT2D eigenvalue weighted by Gasteiger charge is 2.09. The van der Waals surface area contributed by atoms with Gasteiger partial charge < -0.3 is 15.2 Å². The Balaban J connectivity index is 1.79. The number of carbonyl (C=O) groups excluding carboxylic acids is 1. The van der Waals surface area contributed by atoms with Crippen LogP contribution in [0.1, 0.15) is 15.2 Å². The maximum absolute atomic E-state index is 13.3. The summed E-state index contributed by atoms with van der Waals surface area (Å²) in [5.41, 5.74) is 0.384. The first-order valence-electron chi connectivity index (χ1n) is 6.01. The molecule has 0 unspecified atom stereocenters. The molecule has 2 N–H and O–H groups in total. The quantitative estimate of drug-likeness (QED) is 0.858. The molecule has 2 rings (SSSR count). The molecule has 0 aliphatic carbocycles. The normalized spacial score (nSPS) is 10.1. The lowest BCUT2D eigenvalue weighted by molar-refractivity contribution is -0.123. The minimum absolute atomic E-state index is 0.0683. The van der Waals surface area contributed by atoms with Crippen molar-refractivity contribution in [3.63, 3.8) is 0 Å². The number of carboxylic acids is 1. The number of rotatable bonds is 6. The molecule has 0 bridgehead atoms. The van der Waals surface area contributed by atoms with E-state index in [-0.39, 0.29) is 23.8 Å². The van der Waals surface area contributed by atoms with Gasteiger partial charge in [0.25, 0.3) is 5.91 Å². The number of hydrogen-bond acceptors (Lipinski definition) is 4. The molecular weight excluding hydrogens is 297 g/mol. The number of nitrogens with one attached hydrogen (secondary N) is 1. The smallest absolute Gasteiger partial charge is 0.346 e. The number of aromatic carboxylic acids is 1. The van der Waals surface area contributed by atoms with E-state index in [1.54, 1.807) is 18.2 Å². The molecule has 0 spiro atoms. The Morgan fingerprint density at radius 1 is 1.33 bits per heavy atom. The van der Waals surface area contributed by atoms with Crippen LogP contribution in [-0.4, -0.2) is 23.6 Å². The zero-order valence-electron chi connectivity index (χ0n) is 10.8. The monoisotopic (exact) mass is 309 g/mol. The summed E-state index contributed by atoms with van der Waals surface area (Å²) in [6.45, 7) is -0.191. The molecule has 7 heteroatoms. The van der Waals surface area contributed by atoms with Crippen LogP contribution in [0.25, 0.3) is 0 Å². The first kappa shape index (κ1) is 15.0. The molecule has 5 nitrogen and oxygen atoms in total. The highest BCUT2D eigenvalue weighted by Crippen LogP contribution is 2.21. The lowest BCUT2D eigenvalue weighted by Crippen LogP contribution is -2.28. The summed E-state index contributed by atoms with van der Waals surface area (Å²) in [5.74, 6) is -1.53. The summed E-state index contributed by atoms with van der Waals surface area (Å²) in [4.78, 5) is 22.4. The largest absolute Gasteiger partial charge is 0.483 e. The van der Waals surface area contributed by atoms with E-state index in [1.165, 1.54) is 17.5 Å². The van der Waals surface area contributed by atoms with Gasteiger partial charge in [-0.25, -0.2) is 9.18 Å². The Morgan fingerprint density at radius 3 is 2.76 bits per heavy atom. The second-order valence-electron chi connectivity index (χ2n) is 4.11. The SMILES string of the molecule is O=C(COc1csc(C(=O)O)c1)NCc1ccccc1F. The number of benzene rings is 1. The molecule has 1 heterocycles. The Bertz CT molecular complexity index is 656. The molecule has 1 aromatic heterocycles. The van der Waals surface area contributed by atoms with Gasteiger partial charge in [-0.3, -0.25) is 4.79 Å². The van der Waals surface area contributed by atoms with E-state index >= 15 is 0 Å². The van der Waals surface area contributed by atoms with Crippen molar-refractivity contribution in [1.82, 2.24) is 5.32 Å². The predicted molar refractivity (Wildman–Crippen MR) is 75.0 cm³/mol. The average Bonchev–Trinajstić information content (AvgIpc) is 2.93. The maximum Gasteiger partial charge on any atom is 0.346 e. The van der Waals surface area contributed by atoms with E-state index in [1.807, 2.05) is 0 Å². The second kappa shape index (κ2) is 6.85. The molecule has 1 amide bonds. The van der Waals surface area contributed by atoms with Crippen molar-refractivity contribution < 1.29 is 23.8 Å². The van der Waals surface area contributed by atoms with Crippen LogP contribution in [0.15, 0.2) is 35.7 Å². The molecule has 0 radical (unpaired) electrons. The first-order chi connectivity index (χ1) is 10.1. The van der Waals surface area contributed by atoms with E-state index in [0.29, 0.717) is 11.3 Å². The van der Waals surface area contributed by atoms with Crippen molar-refractivity contribution in [2.24, 2.45) is 0 Å². The van der Waals surface area contributed by atoms with Gasteiger partial charge in [0.1, 0.15) is 16.4 Å². The van der Waals surface area contributed by atoms with Gasteiger partial charge in [0.05, 0.1) is 0 Å². The maximum atomic E-state index is 13.3. The Kier molecular flexibility index (Phi) is 4.89. The Hall–Kier alpha value is -2.41. The van der Waals surface area contributed by atoms with E-state index < -0.39 is 11.9 Å². The third kappa shape index (κ3) is 4.28. The van der Waals surface area contributed by atoms with Crippen molar-refractivity contribution in [1.29, 1.82) is 0 Å². The lowest BCUT2D eigenvalue weighted by Gasteiger charge is -2.07. The number of amides is 1. The zero-order valence-corrected chi connectivity index (χ0v) is 11.7. The van der Waals surface area contributed by atoms with Crippen LogP contribution in [0.3, 0.4) is 0 Å². The van der Waals surface area contributed by atoms with E-state index in [9.17, 15) is 14.0 Å². The van der Waals surface area contributed by atoms with E-state index in [4.69, 9.17) is 9.84 Å². The van der Waals surface area contributed by atoms with Crippen LogP contribution >= 0.6 is 11.3 Å². The third-order valence-electron chi connectivity index (χ3n) is 2.59. The van der Waals surface area contributed by atoms with Crippen molar-refractivity contribution in [3.05, 3.63) is 52.0 Å². The van der Waals surface area contributed by atoms with Crippen LogP contribution in [0.4, 0.5) is 4.39 Å². The molecule has 110 valence electrons. The van der Waals surface area contributed by atoms with Gasteiger partial charge in [-0.05, 0) is 6.07 Å². The van der Waals surface area contributed by atoms with Gasteiger partial charge >= 0.3 is 5.97 Å². The highest BCUT2D eigenvalue weighted by atomic mass is 32.1. The van der Waals surface area contributed by atoms with Crippen LogP contribution in [0, 0.1) is 5.82 Å². The topological polar surface area (TPSA) is 75.6 Å². The summed E-state index contributed by atoms with van der Waals surface area (Å²) < 4.78 is 18.5. The number of carbonyl (C=O) groups is 2. The summed E-state index contributed by atoms with van der Waals surface area (Å²) >= 11 is 1.02. The summed E-state index contributed by atoms with van der Waals surface area (Å²) in [6.07, 6.45) is 0. The van der Waals surface area contributed by atoms with Gasteiger partial charge in [0, 0.05) is 23.6 Å².